The maximum atomic E-state index is 13.1. The van der Waals surface area contributed by atoms with Crippen molar-refractivity contribution < 1.29 is 30.6 Å². The van der Waals surface area contributed by atoms with Gasteiger partial charge in [-0.25, -0.2) is 9.78 Å². The Hall–Kier alpha value is -3.09. The van der Waals surface area contributed by atoms with Gasteiger partial charge in [0.05, 0.1) is 17.0 Å². The summed E-state index contributed by atoms with van der Waals surface area (Å²) in [5, 5.41) is 4.70. The van der Waals surface area contributed by atoms with Gasteiger partial charge in [0.1, 0.15) is 11.5 Å². The van der Waals surface area contributed by atoms with Crippen LogP contribution in [0.25, 0.3) is 16.9 Å². The zero-order chi connectivity index (χ0) is 25.4. The van der Waals surface area contributed by atoms with Crippen LogP contribution in [0.3, 0.4) is 0 Å². The summed E-state index contributed by atoms with van der Waals surface area (Å²) < 4.78 is 71.7. The molecule has 0 saturated carbocycles. The average Bonchev–Trinajstić information content (AvgIpc) is 3.22. The van der Waals surface area contributed by atoms with Gasteiger partial charge in [0, 0.05) is 36.3 Å². The van der Waals surface area contributed by atoms with Crippen LogP contribution in [-0.4, -0.2) is 39.6 Å². The largest absolute Gasteiger partial charge is 0.420 e. The van der Waals surface area contributed by atoms with Crippen LogP contribution in [0.4, 0.5) is 18.0 Å². The first-order valence-corrected chi connectivity index (χ1v) is 12.1. The van der Waals surface area contributed by atoms with Crippen molar-refractivity contribution in [1.82, 2.24) is 19.3 Å². The maximum absolute atomic E-state index is 13.1. The highest BCUT2D eigenvalue weighted by atomic mass is 32.2. The first-order valence-electron chi connectivity index (χ1n) is 10.5. The number of carbonyl (C=O) groups is 1. The van der Waals surface area contributed by atoms with E-state index in [9.17, 15) is 26.4 Å². The van der Waals surface area contributed by atoms with E-state index in [1.807, 2.05) is 13.8 Å². The van der Waals surface area contributed by atoms with Crippen molar-refractivity contribution in [2.24, 2.45) is 18.7 Å². The molecule has 0 fully saturated rings. The molecule has 0 aliphatic rings. The number of hydrogen-bond donors (Lipinski definition) is 1. The number of halogens is 3. The molecule has 0 radical (unpaired) electrons. The van der Waals surface area contributed by atoms with Crippen molar-refractivity contribution in [2.75, 3.05) is 5.75 Å². The number of nitrogens with zero attached hydrogens (tertiary/aromatic N) is 4. The summed E-state index contributed by atoms with van der Waals surface area (Å²) >= 11 is 0. The topological polar surface area (TPSA) is 122 Å². The highest BCUT2D eigenvalue weighted by Crippen LogP contribution is 2.35. The number of aryl methyl sites for hydroxylation is 2. The van der Waals surface area contributed by atoms with E-state index in [2.05, 4.69) is 14.3 Å². The SMILES string of the molecule is Cc1nn(C)c(-n2ccc3cc(C(F)(F)F)cnc32)c1C(CCC(C)C)CS(=O)(=O)OC(N)=O. The van der Waals surface area contributed by atoms with Crippen molar-refractivity contribution in [3.63, 3.8) is 0 Å². The van der Waals surface area contributed by atoms with Gasteiger partial charge in [-0.2, -0.15) is 26.7 Å². The summed E-state index contributed by atoms with van der Waals surface area (Å²) in [6, 6.07) is 2.50. The molecule has 9 nitrogen and oxygen atoms in total. The number of hydrogen-bond acceptors (Lipinski definition) is 6. The van der Waals surface area contributed by atoms with E-state index in [-0.39, 0.29) is 17.0 Å². The lowest BCUT2D eigenvalue weighted by Gasteiger charge is -2.20. The van der Waals surface area contributed by atoms with Crippen molar-refractivity contribution in [2.45, 2.75) is 45.7 Å². The Bertz CT molecular complexity index is 1310. The molecule has 1 unspecified atom stereocenters. The number of primary amides is 1. The minimum atomic E-state index is -4.53. The number of amides is 1. The minimum Gasteiger partial charge on any atom is -0.334 e. The predicted octanol–water partition coefficient (Wildman–Crippen LogP) is 4.03. The molecule has 0 aliphatic carbocycles. The Labute approximate surface area is 194 Å². The van der Waals surface area contributed by atoms with Crippen molar-refractivity contribution in [1.29, 1.82) is 0 Å². The second-order valence-corrected chi connectivity index (χ2v) is 10.2. The summed E-state index contributed by atoms with van der Waals surface area (Å²) in [4.78, 5) is 15.1. The molecular weight excluding hydrogens is 475 g/mol. The fraction of sp³-hybridized carbons (Fsp3) is 0.476. The molecule has 186 valence electrons. The van der Waals surface area contributed by atoms with Gasteiger partial charge < -0.3 is 9.92 Å². The monoisotopic (exact) mass is 501 g/mol. The number of rotatable bonds is 8. The molecular formula is C21H26F3N5O4S. The molecule has 3 rings (SSSR count). The molecule has 1 amide bonds. The van der Waals surface area contributed by atoms with E-state index in [4.69, 9.17) is 5.73 Å². The Morgan fingerprint density at radius 3 is 2.53 bits per heavy atom. The van der Waals surface area contributed by atoms with Gasteiger partial charge >= 0.3 is 22.4 Å². The highest BCUT2D eigenvalue weighted by molar-refractivity contribution is 7.87. The molecule has 3 heterocycles. The zero-order valence-corrected chi connectivity index (χ0v) is 19.9. The van der Waals surface area contributed by atoms with Crippen LogP contribution in [0, 0.1) is 12.8 Å². The van der Waals surface area contributed by atoms with E-state index >= 15 is 0 Å². The maximum Gasteiger partial charge on any atom is 0.420 e. The van der Waals surface area contributed by atoms with Crippen LogP contribution in [0.2, 0.25) is 0 Å². The molecule has 2 N–H and O–H groups in total. The number of aromatic nitrogens is 4. The molecule has 13 heteroatoms. The zero-order valence-electron chi connectivity index (χ0n) is 19.1. The van der Waals surface area contributed by atoms with Gasteiger partial charge in [-0.1, -0.05) is 20.3 Å². The fourth-order valence-corrected chi connectivity index (χ4v) is 5.17. The lowest BCUT2D eigenvalue weighted by atomic mass is 9.92. The van der Waals surface area contributed by atoms with Gasteiger partial charge in [-0.3, -0.25) is 9.25 Å². The average molecular weight is 502 g/mol. The third kappa shape index (κ3) is 5.51. The van der Waals surface area contributed by atoms with Crippen molar-refractivity contribution in [3.05, 3.63) is 41.3 Å². The van der Waals surface area contributed by atoms with E-state index < -0.39 is 39.6 Å². The normalized spacial score (nSPS) is 13.5. The third-order valence-electron chi connectivity index (χ3n) is 5.43. The predicted molar refractivity (Wildman–Crippen MR) is 119 cm³/mol. The van der Waals surface area contributed by atoms with Gasteiger partial charge in [0.15, 0.2) is 0 Å². The van der Waals surface area contributed by atoms with E-state index in [1.165, 1.54) is 10.7 Å². The van der Waals surface area contributed by atoms with Crippen molar-refractivity contribution >= 4 is 27.2 Å². The number of fused-ring (bicyclic) bond motifs is 1. The standard InChI is InChI=1S/C21H26F3N5O4S/c1-12(2)5-6-15(11-34(31,32)33-20(25)30)17-13(3)27-28(4)19(17)29-8-7-14-9-16(21(22,23)24)10-26-18(14)29/h7-10,12,15H,5-6,11H2,1-4H3,(H2,25,30). The molecule has 1 atom stereocenters. The van der Waals surface area contributed by atoms with E-state index in [1.54, 1.807) is 24.7 Å². The van der Waals surface area contributed by atoms with Gasteiger partial charge in [0.2, 0.25) is 0 Å². The summed E-state index contributed by atoms with van der Waals surface area (Å²) in [6.07, 6.45) is -2.54. The van der Waals surface area contributed by atoms with Gasteiger partial charge in [0.25, 0.3) is 0 Å². The number of carbonyl (C=O) groups excluding carboxylic acids is 1. The van der Waals surface area contributed by atoms with Crippen LogP contribution in [0.5, 0.6) is 0 Å². The Morgan fingerprint density at radius 1 is 1.26 bits per heavy atom. The van der Waals surface area contributed by atoms with Crippen LogP contribution in [0.1, 0.15) is 49.4 Å². The van der Waals surface area contributed by atoms with Crippen LogP contribution >= 0.6 is 0 Å². The Kier molecular flexibility index (Phi) is 6.97. The molecule has 0 spiro atoms. The molecule has 0 saturated heterocycles. The second-order valence-electron chi connectivity index (χ2n) is 8.56. The lowest BCUT2D eigenvalue weighted by Crippen LogP contribution is -2.25. The quantitative estimate of drug-likeness (QED) is 0.465. The summed E-state index contributed by atoms with van der Waals surface area (Å²) in [5.41, 5.74) is 5.41. The Morgan fingerprint density at radius 2 is 1.94 bits per heavy atom. The second kappa shape index (κ2) is 9.28. The molecule has 3 aromatic rings. The number of pyridine rings is 1. The van der Waals surface area contributed by atoms with Gasteiger partial charge in [-0.15, -0.1) is 0 Å². The smallest absolute Gasteiger partial charge is 0.334 e. The van der Waals surface area contributed by atoms with Crippen LogP contribution in [-0.2, 0) is 27.5 Å². The lowest BCUT2D eigenvalue weighted by molar-refractivity contribution is -0.137. The van der Waals surface area contributed by atoms with E-state index in [0.29, 0.717) is 29.9 Å². The number of nitrogens with two attached hydrogens (primary N) is 1. The molecule has 34 heavy (non-hydrogen) atoms. The summed E-state index contributed by atoms with van der Waals surface area (Å²) in [6.45, 7) is 5.69. The Balaban J connectivity index is 2.15. The first kappa shape index (κ1) is 25.5. The van der Waals surface area contributed by atoms with Crippen molar-refractivity contribution in [3.8, 4) is 5.82 Å². The van der Waals surface area contributed by atoms with Crippen LogP contribution in [0.15, 0.2) is 24.5 Å². The third-order valence-corrected chi connectivity index (χ3v) is 6.66. The van der Waals surface area contributed by atoms with E-state index in [0.717, 1.165) is 12.3 Å². The first-order chi connectivity index (χ1) is 15.7. The minimum absolute atomic E-state index is 0.260. The fourth-order valence-electron chi connectivity index (χ4n) is 4.03. The highest BCUT2D eigenvalue weighted by Gasteiger charge is 2.33. The molecule has 0 bridgehead atoms. The van der Waals surface area contributed by atoms with Gasteiger partial charge in [-0.05, 0) is 31.4 Å². The number of alkyl halides is 3. The summed E-state index contributed by atoms with van der Waals surface area (Å²) in [7, 11) is -2.65. The summed E-state index contributed by atoms with van der Waals surface area (Å²) in [5.74, 6) is -0.421. The molecule has 0 aromatic carbocycles. The molecule has 3 aromatic heterocycles. The molecule has 0 aliphatic heterocycles. The van der Waals surface area contributed by atoms with Crippen LogP contribution < -0.4 is 5.73 Å².